The van der Waals surface area contributed by atoms with Gasteiger partial charge in [0.15, 0.2) is 11.5 Å². The number of benzene rings is 1. The number of hydrogen-bond donors (Lipinski definition) is 1. The molecule has 1 aromatic heterocycles. The number of anilines is 1. The van der Waals surface area contributed by atoms with Crippen molar-refractivity contribution in [1.82, 2.24) is 9.88 Å². The third kappa shape index (κ3) is 2.61. The molecule has 1 aliphatic rings. The number of nitrogens with zero attached hydrogens (tertiary/aromatic N) is 2. The summed E-state index contributed by atoms with van der Waals surface area (Å²) in [4.78, 5) is 29.7. The van der Waals surface area contributed by atoms with Crippen molar-refractivity contribution < 1.29 is 14.0 Å². The highest BCUT2D eigenvalue weighted by Crippen LogP contribution is 2.22. The fourth-order valence-corrected chi connectivity index (χ4v) is 2.76. The summed E-state index contributed by atoms with van der Waals surface area (Å²) in [5, 5.41) is 2.85. The summed E-state index contributed by atoms with van der Waals surface area (Å²) in [5.41, 5.74) is 2.05. The molecule has 110 valence electrons. The Morgan fingerprint density at radius 2 is 2.24 bits per heavy atom. The van der Waals surface area contributed by atoms with Gasteiger partial charge in [0.25, 0.3) is 0 Å². The van der Waals surface area contributed by atoms with Gasteiger partial charge in [-0.25, -0.2) is 4.98 Å². The zero-order valence-corrected chi connectivity index (χ0v) is 12.0. The van der Waals surface area contributed by atoms with Gasteiger partial charge in [0.1, 0.15) is 11.6 Å². The SMILES string of the molecule is CC(=O)N1CCCC1C(=O)Nc1ccc2nc(C)oc2c1. The van der Waals surface area contributed by atoms with Crippen molar-refractivity contribution >= 4 is 28.6 Å². The van der Waals surface area contributed by atoms with Crippen LogP contribution in [0, 0.1) is 6.92 Å². The van der Waals surface area contributed by atoms with Crippen molar-refractivity contribution in [2.24, 2.45) is 0 Å². The lowest BCUT2D eigenvalue weighted by atomic mass is 10.2. The number of fused-ring (bicyclic) bond motifs is 1. The molecule has 1 N–H and O–H groups in total. The van der Waals surface area contributed by atoms with Gasteiger partial charge in [0, 0.05) is 32.1 Å². The maximum Gasteiger partial charge on any atom is 0.247 e. The van der Waals surface area contributed by atoms with Gasteiger partial charge < -0.3 is 14.6 Å². The zero-order chi connectivity index (χ0) is 15.0. The minimum Gasteiger partial charge on any atom is -0.441 e. The number of likely N-dealkylation sites (tertiary alicyclic amines) is 1. The largest absolute Gasteiger partial charge is 0.441 e. The second kappa shape index (κ2) is 5.20. The summed E-state index contributed by atoms with van der Waals surface area (Å²) in [5.74, 6) is 0.374. The van der Waals surface area contributed by atoms with Crippen molar-refractivity contribution in [3.8, 4) is 0 Å². The van der Waals surface area contributed by atoms with Gasteiger partial charge in [0.2, 0.25) is 11.8 Å². The molecule has 1 saturated heterocycles. The first kappa shape index (κ1) is 13.6. The maximum absolute atomic E-state index is 12.3. The molecular formula is C15H17N3O3. The van der Waals surface area contributed by atoms with E-state index in [4.69, 9.17) is 4.42 Å². The predicted molar refractivity (Wildman–Crippen MR) is 77.8 cm³/mol. The van der Waals surface area contributed by atoms with Gasteiger partial charge in [-0.2, -0.15) is 0 Å². The molecule has 0 radical (unpaired) electrons. The smallest absolute Gasteiger partial charge is 0.247 e. The number of amides is 2. The summed E-state index contributed by atoms with van der Waals surface area (Å²) in [6.07, 6.45) is 1.56. The molecule has 1 unspecified atom stereocenters. The normalized spacial score (nSPS) is 18.2. The zero-order valence-electron chi connectivity index (χ0n) is 12.0. The molecule has 1 atom stereocenters. The first-order valence-electron chi connectivity index (χ1n) is 7.00. The Hall–Kier alpha value is -2.37. The third-order valence-electron chi connectivity index (χ3n) is 3.72. The van der Waals surface area contributed by atoms with Gasteiger partial charge in [-0.1, -0.05) is 0 Å². The standard InChI is InChI=1S/C15H17N3O3/c1-9-16-12-6-5-11(8-14(12)21-9)17-15(20)13-4-3-7-18(13)10(2)19/h5-6,8,13H,3-4,7H2,1-2H3,(H,17,20). The van der Waals surface area contributed by atoms with Crippen LogP contribution in [-0.4, -0.2) is 34.3 Å². The van der Waals surface area contributed by atoms with E-state index >= 15 is 0 Å². The number of carbonyl (C=O) groups excluding carboxylic acids is 2. The lowest BCUT2D eigenvalue weighted by Gasteiger charge is -2.22. The Bertz CT molecular complexity index is 707. The van der Waals surface area contributed by atoms with Gasteiger partial charge in [-0.3, -0.25) is 9.59 Å². The Morgan fingerprint density at radius 1 is 1.43 bits per heavy atom. The Balaban J connectivity index is 1.77. The molecule has 2 aromatic rings. The second-order valence-electron chi connectivity index (χ2n) is 5.28. The van der Waals surface area contributed by atoms with Crippen LogP contribution in [0.15, 0.2) is 22.6 Å². The van der Waals surface area contributed by atoms with Crippen LogP contribution >= 0.6 is 0 Å². The predicted octanol–water partition coefficient (Wildman–Crippen LogP) is 2.09. The minimum absolute atomic E-state index is 0.0611. The van der Waals surface area contributed by atoms with Crippen molar-refractivity contribution in [2.45, 2.75) is 32.7 Å². The summed E-state index contributed by atoms with van der Waals surface area (Å²) >= 11 is 0. The maximum atomic E-state index is 12.3. The van der Waals surface area contributed by atoms with Crippen LogP contribution in [0.1, 0.15) is 25.7 Å². The van der Waals surface area contributed by atoms with E-state index in [2.05, 4.69) is 10.3 Å². The number of carbonyl (C=O) groups is 2. The molecular weight excluding hydrogens is 270 g/mol. The third-order valence-corrected chi connectivity index (χ3v) is 3.72. The van der Waals surface area contributed by atoms with E-state index < -0.39 is 0 Å². The topological polar surface area (TPSA) is 75.4 Å². The lowest BCUT2D eigenvalue weighted by molar-refractivity contribution is -0.134. The Labute approximate surface area is 122 Å². The number of hydrogen-bond acceptors (Lipinski definition) is 4. The molecule has 2 heterocycles. The van der Waals surface area contributed by atoms with E-state index in [0.717, 1.165) is 11.9 Å². The highest BCUT2D eigenvalue weighted by Gasteiger charge is 2.32. The average Bonchev–Trinajstić information content (AvgIpc) is 3.03. The summed E-state index contributed by atoms with van der Waals surface area (Å²) < 4.78 is 5.45. The Morgan fingerprint density at radius 3 is 3.00 bits per heavy atom. The molecule has 2 amide bonds. The van der Waals surface area contributed by atoms with Crippen LogP contribution < -0.4 is 5.32 Å². The van der Waals surface area contributed by atoms with Crippen LogP contribution in [0.5, 0.6) is 0 Å². The van der Waals surface area contributed by atoms with Gasteiger partial charge in [-0.05, 0) is 25.0 Å². The van der Waals surface area contributed by atoms with Crippen LogP contribution in [0.3, 0.4) is 0 Å². The molecule has 1 aliphatic heterocycles. The lowest BCUT2D eigenvalue weighted by Crippen LogP contribution is -2.42. The minimum atomic E-state index is -0.380. The van der Waals surface area contributed by atoms with E-state index in [1.807, 2.05) is 0 Å². The van der Waals surface area contributed by atoms with Crippen LogP contribution in [-0.2, 0) is 9.59 Å². The van der Waals surface area contributed by atoms with E-state index in [-0.39, 0.29) is 17.9 Å². The summed E-state index contributed by atoms with van der Waals surface area (Å²) in [6.45, 7) is 3.92. The molecule has 1 aromatic carbocycles. The molecule has 0 aliphatic carbocycles. The monoisotopic (exact) mass is 287 g/mol. The van der Waals surface area contributed by atoms with E-state index in [9.17, 15) is 9.59 Å². The van der Waals surface area contributed by atoms with Crippen molar-refractivity contribution in [1.29, 1.82) is 0 Å². The molecule has 6 nitrogen and oxygen atoms in total. The van der Waals surface area contributed by atoms with Crippen LogP contribution in [0.25, 0.3) is 11.1 Å². The van der Waals surface area contributed by atoms with Gasteiger partial charge >= 0.3 is 0 Å². The number of rotatable bonds is 2. The Kier molecular flexibility index (Phi) is 3.37. The first-order chi connectivity index (χ1) is 10.0. The van der Waals surface area contributed by atoms with Crippen molar-refractivity contribution in [3.05, 3.63) is 24.1 Å². The fourth-order valence-electron chi connectivity index (χ4n) is 2.76. The summed E-state index contributed by atoms with van der Waals surface area (Å²) in [7, 11) is 0. The summed E-state index contributed by atoms with van der Waals surface area (Å²) in [6, 6.07) is 4.96. The number of oxazole rings is 1. The quantitative estimate of drug-likeness (QED) is 0.917. The fraction of sp³-hybridized carbons (Fsp3) is 0.400. The molecule has 0 bridgehead atoms. The molecule has 21 heavy (non-hydrogen) atoms. The van der Waals surface area contributed by atoms with Crippen molar-refractivity contribution in [3.63, 3.8) is 0 Å². The van der Waals surface area contributed by atoms with E-state index in [0.29, 0.717) is 30.1 Å². The molecule has 3 rings (SSSR count). The molecule has 1 fully saturated rings. The molecule has 0 saturated carbocycles. The van der Waals surface area contributed by atoms with E-state index in [1.165, 1.54) is 6.92 Å². The molecule has 6 heteroatoms. The van der Waals surface area contributed by atoms with E-state index in [1.54, 1.807) is 30.0 Å². The second-order valence-corrected chi connectivity index (χ2v) is 5.28. The number of aromatic nitrogens is 1. The van der Waals surface area contributed by atoms with Crippen LogP contribution in [0.4, 0.5) is 5.69 Å². The number of nitrogens with one attached hydrogen (secondary N) is 1. The highest BCUT2D eigenvalue weighted by molar-refractivity contribution is 5.98. The average molecular weight is 287 g/mol. The van der Waals surface area contributed by atoms with Crippen LogP contribution in [0.2, 0.25) is 0 Å². The van der Waals surface area contributed by atoms with Crippen molar-refractivity contribution in [2.75, 3.05) is 11.9 Å². The molecule has 0 spiro atoms. The number of aryl methyl sites for hydroxylation is 1. The van der Waals surface area contributed by atoms with Gasteiger partial charge in [0.05, 0.1) is 0 Å². The van der Waals surface area contributed by atoms with Gasteiger partial charge in [-0.15, -0.1) is 0 Å². The first-order valence-corrected chi connectivity index (χ1v) is 7.00. The highest BCUT2D eigenvalue weighted by atomic mass is 16.3.